The number of aliphatic hydroxyl groups excluding tert-OH is 1. The highest BCUT2D eigenvalue weighted by atomic mass is 16.5. The third-order valence-electron chi connectivity index (χ3n) is 2.68. The van der Waals surface area contributed by atoms with Gasteiger partial charge in [0, 0.05) is 0 Å². The normalized spacial score (nSPS) is 10.9. The molecule has 1 heterocycles. The monoisotopic (exact) mass is 248 g/mol. The first-order valence-electron chi connectivity index (χ1n) is 5.73. The van der Waals surface area contributed by atoms with Crippen molar-refractivity contribution >= 4 is 0 Å². The van der Waals surface area contributed by atoms with Gasteiger partial charge in [0.15, 0.2) is 0 Å². The van der Waals surface area contributed by atoms with Crippen molar-refractivity contribution in [2.24, 2.45) is 0 Å². The Morgan fingerprint density at radius 3 is 2.72 bits per heavy atom. The van der Waals surface area contributed by atoms with E-state index < -0.39 is 0 Å². The Kier molecular flexibility index (Phi) is 3.57. The van der Waals surface area contributed by atoms with Crippen LogP contribution >= 0.6 is 0 Å². The number of tetrazole rings is 1. The Balaban J connectivity index is 2.49. The number of methoxy groups -OCH3 is 1. The maximum atomic E-state index is 8.96. The number of nitrogens with zero attached hydrogens (tertiary/aromatic N) is 4. The van der Waals surface area contributed by atoms with Crippen molar-refractivity contribution in [1.82, 2.24) is 20.2 Å². The van der Waals surface area contributed by atoms with Gasteiger partial charge in [-0.1, -0.05) is 19.9 Å². The van der Waals surface area contributed by atoms with E-state index in [9.17, 15) is 0 Å². The van der Waals surface area contributed by atoms with Crippen LogP contribution in [0.3, 0.4) is 0 Å². The topological polar surface area (TPSA) is 73.1 Å². The lowest BCUT2D eigenvalue weighted by Crippen LogP contribution is -2.04. The van der Waals surface area contributed by atoms with Crippen LogP contribution in [-0.4, -0.2) is 32.4 Å². The Labute approximate surface area is 105 Å². The van der Waals surface area contributed by atoms with Gasteiger partial charge in [-0.3, -0.25) is 0 Å². The minimum absolute atomic E-state index is 0.230. The van der Waals surface area contributed by atoms with E-state index in [2.05, 4.69) is 29.3 Å². The third kappa shape index (κ3) is 2.33. The van der Waals surface area contributed by atoms with E-state index in [4.69, 9.17) is 9.84 Å². The summed E-state index contributed by atoms with van der Waals surface area (Å²) >= 11 is 0. The molecule has 1 N–H and O–H groups in total. The summed E-state index contributed by atoms with van der Waals surface area (Å²) in [6.45, 7) is 3.99. The van der Waals surface area contributed by atoms with Gasteiger partial charge < -0.3 is 9.84 Å². The number of ether oxygens (including phenoxy) is 1. The molecule has 6 heteroatoms. The summed E-state index contributed by atoms with van der Waals surface area (Å²) in [5.74, 6) is 1.35. The fourth-order valence-electron chi connectivity index (χ4n) is 1.63. The zero-order chi connectivity index (χ0) is 13.1. The third-order valence-corrected chi connectivity index (χ3v) is 2.68. The van der Waals surface area contributed by atoms with Crippen molar-refractivity contribution < 1.29 is 9.84 Å². The van der Waals surface area contributed by atoms with Crippen LogP contribution in [0.25, 0.3) is 5.69 Å². The summed E-state index contributed by atoms with van der Waals surface area (Å²) in [6.07, 6.45) is 0. The second-order valence-electron chi connectivity index (χ2n) is 4.24. The van der Waals surface area contributed by atoms with Gasteiger partial charge in [0.25, 0.3) is 0 Å². The molecule has 0 saturated heterocycles. The van der Waals surface area contributed by atoms with Gasteiger partial charge in [-0.25, -0.2) is 0 Å². The molecule has 0 bridgehead atoms. The molecule has 2 rings (SSSR count). The Hall–Kier alpha value is -1.95. The fraction of sp³-hybridized carbons (Fsp3) is 0.417. The molecule has 1 aromatic carbocycles. The average Bonchev–Trinajstić information content (AvgIpc) is 2.86. The predicted molar refractivity (Wildman–Crippen MR) is 65.7 cm³/mol. The maximum Gasteiger partial charge on any atom is 0.200 e. The van der Waals surface area contributed by atoms with Crippen molar-refractivity contribution in [3.05, 3.63) is 29.6 Å². The summed E-state index contributed by atoms with van der Waals surface area (Å²) in [5, 5.41) is 20.7. The molecule has 0 spiro atoms. The largest absolute Gasteiger partial charge is 0.494 e. The van der Waals surface area contributed by atoms with E-state index in [-0.39, 0.29) is 12.4 Å². The standard InChI is InChI=1S/C12H16N4O2/c1-8(2)9-4-5-11(18-3)10(6-9)16-14-12(7-17)13-15-16/h4-6,8,17H,7H2,1-3H3. The second-order valence-corrected chi connectivity index (χ2v) is 4.24. The maximum absolute atomic E-state index is 8.96. The highest BCUT2D eigenvalue weighted by Gasteiger charge is 2.11. The van der Waals surface area contributed by atoms with E-state index in [1.807, 2.05) is 18.2 Å². The molecule has 0 radical (unpaired) electrons. The van der Waals surface area contributed by atoms with E-state index in [0.717, 1.165) is 11.3 Å². The lowest BCUT2D eigenvalue weighted by molar-refractivity contribution is 0.271. The van der Waals surface area contributed by atoms with Crippen molar-refractivity contribution in [1.29, 1.82) is 0 Å². The first kappa shape index (κ1) is 12.5. The average molecular weight is 248 g/mol. The molecule has 0 atom stereocenters. The number of benzene rings is 1. The van der Waals surface area contributed by atoms with Gasteiger partial charge in [0.1, 0.15) is 18.0 Å². The number of aromatic nitrogens is 4. The van der Waals surface area contributed by atoms with E-state index in [1.165, 1.54) is 4.80 Å². The molecule has 96 valence electrons. The molecule has 6 nitrogen and oxygen atoms in total. The lowest BCUT2D eigenvalue weighted by atomic mass is 10.0. The van der Waals surface area contributed by atoms with Gasteiger partial charge in [-0.05, 0) is 28.8 Å². The van der Waals surface area contributed by atoms with Crippen molar-refractivity contribution in [3.8, 4) is 11.4 Å². The van der Waals surface area contributed by atoms with Gasteiger partial charge in [-0.2, -0.15) is 0 Å². The SMILES string of the molecule is COc1ccc(C(C)C)cc1-n1nnc(CO)n1. The van der Waals surface area contributed by atoms with Crippen LogP contribution in [0.1, 0.15) is 31.2 Å². The van der Waals surface area contributed by atoms with Crippen LogP contribution in [0.2, 0.25) is 0 Å². The van der Waals surface area contributed by atoms with Crippen molar-refractivity contribution in [2.75, 3.05) is 7.11 Å². The van der Waals surface area contributed by atoms with E-state index in [0.29, 0.717) is 11.7 Å². The molecule has 0 unspecified atom stereocenters. The highest BCUT2D eigenvalue weighted by Crippen LogP contribution is 2.26. The van der Waals surface area contributed by atoms with Crippen LogP contribution in [0, 0.1) is 0 Å². The molecule has 0 fully saturated rings. The summed E-state index contributed by atoms with van der Waals surface area (Å²) < 4.78 is 5.29. The predicted octanol–water partition coefficient (Wildman–Crippen LogP) is 1.29. The van der Waals surface area contributed by atoms with Gasteiger partial charge in [0.2, 0.25) is 5.82 Å². The molecular formula is C12H16N4O2. The summed E-state index contributed by atoms with van der Waals surface area (Å²) in [7, 11) is 1.60. The number of hydrogen-bond acceptors (Lipinski definition) is 5. The number of rotatable bonds is 4. The molecule has 0 aliphatic rings. The first-order chi connectivity index (χ1) is 8.65. The number of hydrogen-bond donors (Lipinski definition) is 1. The van der Waals surface area contributed by atoms with E-state index in [1.54, 1.807) is 7.11 Å². The highest BCUT2D eigenvalue weighted by molar-refractivity contribution is 5.48. The second kappa shape index (κ2) is 5.14. The fourth-order valence-corrected chi connectivity index (χ4v) is 1.63. The zero-order valence-electron chi connectivity index (χ0n) is 10.7. The van der Waals surface area contributed by atoms with Crippen LogP contribution in [0.15, 0.2) is 18.2 Å². The molecular weight excluding hydrogens is 232 g/mol. The molecule has 0 aliphatic carbocycles. The Morgan fingerprint density at radius 1 is 1.39 bits per heavy atom. The number of aliphatic hydroxyl groups is 1. The van der Waals surface area contributed by atoms with Crippen molar-refractivity contribution in [2.45, 2.75) is 26.4 Å². The quantitative estimate of drug-likeness (QED) is 0.882. The smallest absolute Gasteiger partial charge is 0.200 e. The molecule has 2 aromatic rings. The molecule has 1 aromatic heterocycles. The summed E-state index contributed by atoms with van der Waals surface area (Å²) in [6, 6.07) is 5.86. The summed E-state index contributed by atoms with van der Waals surface area (Å²) in [5.41, 5.74) is 1.88. The van der Waals surface area contributed by atoms with Gasteiger partial charge in [-0.15, -0.1) is 15.0 Å². The Bertz CT molecular complexity index is 537. The molecule has 18 heavy (non-hydrogen) atoms. The summed E-state index contributed by atoms with van der Waals surface area (Å²) in [4.78, 5) is 1.37. The zero-order valence-corrected chi connectivity index (χ0v) is 10.7. The van der Waals surface area contributed by atoms with Gasteiger partial charge in [0.05, 0.1) is 7.11 Å². The van der Waals surface area contributed by atoms with Crippen molar-refractivity contribution in [3.63, 3.8) is 0 Å². The minimum atomic E-state index is -0.230. The van der Waals surface area contributed by atoms with Crippen LogP contribution < -0.4 is 4.74 Å². The van der Waals surface area contributed by atoms with Crippen LogP contribution in [0.5, 0.6) is 5.75 Å². The first-order valence-corrected chi connectivity index (χ1v) is 5.73. The minimum Gasteiger partial charge on any atom is -0.494 e. The molecule has 0 saturated carbocycles. The van der Waals surface area contributed by atoms with E-state index >= 15 is 0 Å². The van der Waals surface area contributed by atoms with Gasteiger partial charge >= 0.3 is 0 Å². The van der Waals surface area contributed by atoms with Crippen LogP contribution in [0.4, 0.5) is 0 Å². The lowest BCUT2D eigenvalue weighted by Gasteiger charge is -2.11. The molecule has 0 amide bonds. The Morgan fingerprint density at radius 2 is 2.17 bits per heavy atom. The van der Waals surface area contributed by atoms with Crippen LogP contribution in [-0.2, 0) is 6.61 Å². The molecule has 0 aliphatic heterocycles.